The molecule has 0 radical (unpaired) electrons. The van der Waals surface area contributed by atoms with Gasteiger partial charge < -0.3 is 4.74 Å². The Bertz CT molecular complexity index is 405. The van der Waals surface area contributed by atoms with Crippen molar-refractivity contribution in [1.29, 1.82) is 0 Å². The van der Waals surface area contributed by atoms with Crippen molar-refractivity contribution in [2.45, 2.75) is 32.1 Å². The minimum absolute atomic E-state index is 0.277. The van der Waals surface area contributed by atoms with Gasteiger partial charge in [-0.2, -0.15) is 5.10 Å². The minimum atomic E-state index is -0.277. The standard InChI is InChI=1S/C11H14N2O2/c1-2-15-11(14)10-9-7-3-6(4-7)5-8(9)12-13-10/h6-7H,2-5H2,1H3,(H,12,13). The van der Waals surface area contributed by atoms with Gasteiger partial charge in [-0.1, -0.05) is 0 Å². The molecule has 2 bridgehead atoms. The first kappa shape index (κ1) is 8.95. The maximum atomic E-state index is 11.6. The normalized spacial score (nSPS) is 26.7. The second kappa shape index (κ2) is 3.08. The molecule has 1 saturated carbocycles. The van der Waals surface area contributed by atoms with Crippen molar-refractivity contribution in [3.05, 3.63) is 17.0 Å². The van der Waals surface area contributed by atoms with Crippen LogP contribution in [0.15, 0.2) is 0 Å². The second-order valence-corrected chi connectivity index (χ2v) is 4.42. The Hall–Kier alpha value is -1.32. The lowest BCUT2D eigenvalue weighted by molar-refractivity contribution is 0.0515. The van der Waals surface area contributed by atoms with Gasteiger partial charge in [0.2, 0.25) is 0 Å². The molecule has 3 aliphatic carbocycles. The van der Waals surface area contributed by atoms with E-state index in [9.17, 15) is 4.79 Å². The first-order valence-corrected chi connectivity index (χ1v) is 5.53. The van der Waals surface area contributed by atoms with Gasteiger partial charge in [0, 0.05) is 11.3 Å². The summed E-state index contributed by atoms with van der Waals surface area (Å²) in [6.45, 7) is 2.23. The van der Waals surface area contributed by atoms with E-state index < -0.39 is 0 Å². The largest absolute Gasteiger partial charge is 0.461 e. The molecule has 15 heavy (non-hydrogen) atoms. The number of rotatable bonds is 2. The minimum Gasteiger partial charge on any atom is -0.461 e. The van der Waals surface area contributed by atoms with E-state index in [1.165, 1.54) is 12.8 Å². The Kier molecular flexibility index (Phi) is 1.84. The molecule has 0 aromatic carbocycles. The first-order valence-electron chi connectivity index (χ1n) is 5.53. The molecule has 1 aromatic rings. The smallest absolute Gasteiger partial charge is 0.359 e. The van der Waals surface area contributed by atoms with E-state index >= 15 is 0 Å². The first-order chi connectivity index (χ1) is 7.29. The number of esters is 1. The van der Waals surface area contributed by atoms with Crippen LogP contribution in [0.3, 0.4) is 0 Å². The number of H-pyrrole nitrogens is 1. The van der Waals surface area contributed by atoms with Crippen molar-refractivity contribution in [2.75, 3.05) is 6.61 Å². The van der Waals surface area contributed by atoms with E-state index in [0.29, 0.717) is 18.2 Å². The van der Waals surface area contributed by atoms with E-state index in [2.05, 4.69) is 10.2 Å². The average molecular weight is 206 g/mol. The zero-order valence-electron chi connectivity index (χ0n) is 8.75. The number of nitrogens with one attached hydrogen (secondary N) is 1. The van der Waals surface area contributed by atoms with Crippen LogP contribution in [0.25, 0.3) is 0 Å². The Morgan fingerprint density at radius 1 is 1.60 bits per heavy atom. The summed E-state index contributed by atoms with van der Waals surface area (Å²) in [5.74, 6) is 1.09. The van der Waals surface area contributed by atoms with Gasteiger partial charge in [0.05, 0.1) is 6.61 Å². The van der Waals surface area contributed by atoms with Crippen LogP contribution < -0.4 is 0 Å². The third-order valence-electron chi connectivity index (χ3n) is 3.49. The van der Waals surface area contributed by atoms with Crippen LogP contribution in [0, 0.1) is 5.92 Å². The summed E-state index contributed by atoms with van der Waals surface area (Å²) < 4.78 is 5.00. The van der Waals surface area contributed by atoms with Crippen LogP contribution in [0.2, 0.25) is 0 Å². The molecule has 0 unspecified atom stereocenters. The highest BCUT2D eigenvalue weighted by Crippen LogP contribution is 2.50. The molecule has 1 fully saturated rings. The fraction of sp³-hybridized carbons (Fsp3) is 0.636. The summed E-state index contributed by atoms with van der Waals surface area (Å²) >= 11 is 0. The predicted molar refractivity (Wildman–Crippen MR) is 53.7 cm³/mol. The Labute approximate surface area is 88.0 Å². The van der Waals surface area contributed by atoms with Crippen molar-refractivity contribution in [3.8, 4) is 0 Å². The monoisotopic (exact) mass is 206 g/mol. The SMILES string of the molecule is CCOC(=O)c1n[nH]c2c1C1CC(C2)C1. The second-order valence-electron chi connectivity index (χ2n) is 4.42. The van der Waals surface area contributed by atoms with Gasteiger partial charge in [-0.15, -0.1) is 0 Å². The lowest BCUT2D eigenvalue weighted by Crippen LogP contribution is -2.31. The maximum Gasteiger partial charge on any atom is 0.359 e. The number of nitrogens with zero attached hydrogens (tertiary/aromatic N) is 1. The molecule has 1 N–H and O–H groups in total. The lowest BCUT2D eigenvalue weighted by atomic mass is 9.64. The van der Waals surface area contributed by atoms with Gasteiger partial charge in [0.25, 0.3) is 0 Å². The van der Waals surface area contributed by atoms with Gasteiger partial charge >= 0.3 is 5.97 Å². The summed E-state index contributed by atoms with van der Waals surface area (Å²) in [6, 6.07) is 0. The third kappa shape index (κ3) is 1.20. The molecule has 4 rings (SSSR count). The van der Waals surface area contributed by atoms with Gasteiger partial charge in [-0.3, -0.25) is 5.10 Å². The summed E-state index contributed by atoms with van der Waals surface area (Å²) in [5.41, 5.74) is 2.82. The zero-order valence-corrected chi connectivity index (χ0v) is 8.75. The van der Waals surface area contributed by atoms with Crippen LogP contribution in [0.5, 0.6) is 0 Å². The summed E-state index contributed by atoms with van der Waals surface area (Å²) in [5, 5.41) is 7.07. The molecule has 3 aliphatic rings. The number of carbonyl (C=O) groups is 1. The zero-order chi connectivity index (χ0) is 10.4. The van der Waals surface area contributed by atoms with E-state index in [1.54, 1.807) is 0 Å². The molecule has 1 heterocycles. The Morgan fingerprint density at radius 2 is 2.40 bits per heavy atom. The molecule has 4 nitrogen and oxygen atoms in total. The fourth-order valence-corrected chi connectivity index (χ4v) is 2.76. The highest BCUT2D eigenvalue weighted by Gasteiger charge is 2.41. The van der Waals surface area contributed by atoms with Crippen LogP contribution in [-0.4, -0.2) is 22.8 Å². The molecule has 0 spiro atoms. The van der Waals surface area contributed by atoms with Crippen molar-refractivity contribution in [3.63, 3.8) is 0 Å². The van der Waals surface area contributed by atoms with E-state index in [1.807, 2.05) is 6.92 Å². The molecule has 0 aliphatic heterocycles. The average Bonchev–Trinajstić information content (AvgIpc) is 2.59. The number of ether oxygens (including phenoxy) is 1. The molecule has 80 valence electrons. The highest BCUT2D eigenvalue weighted by atomic mass is 16.5. The topological polar surface area (TPSA) is 55.0 Å². The summed E-state index contributed by atoms with van der Waals surface area (Å²) in [7, 11) is 0. The van der Waals surface area contributed by atoms with E-state index in [-0.39, 0.29) is 5.97 Å². The molecular weight excluding hydrogens is 192 g/mol. The molecule has 0 amide bonds. The molecular formula is C11H14N2O2. The lowest BCUT2D eigenvalue weighted by Gasteiger charge is -2.40. The van der Waals surface area contributed by atoms with Gasteiger partial charge in [0.15, 0.2) is 5.69 Å². The fourth-order valence-electron chi connectivity index (χ4n) is 2.76. The Balaban J connectivity index is 1.96. The van der Waals surface area contributed by atoms with Crippen LogP contribution in [0.1, 0.15) is 47.4 Å². The van der Waals surface area contributed by atoms with Crippen LogP contribution >= 0.6 is 0 Å². The highest BCUT2D eigenvalue weighted by molar-refractivity contribution is 5.89. The van der Waals surface area contributed by atoms with Crippen molar-refractivity contribution in [2.24, 2.45) is 5.92 Å². The maximum absolute atomic E-state index is 11.6. The van der Waals surface area contributed by atoms with Gasteiger partial charge in [-0.05, 0) is 38.0 Å². The number of carbonyl (C=O) groups excluding carboxylic acids is 1. The van der Waals surface area contributed by atoms with Crippen molar-refractivity contribution < 1.29 is 9.53 Å². The Morgan fingerprint density at radius 3 is 3.13 bits per heavy atom. The van der Waals surface area contributed by atoms with Crippen molar-refractivity contribution in [1.82, 2.24) is 10.2 Å². The molecule has 1 aromatic heterocycles. The van der Waals surface area contributed by atoms with E-state index in [4.69, 9.17) is 4.74 Å². The van der Waals surface area contributed by atoms with Crippen LogP contribution in [0.4, 0.5) is 0 Å². The number of aromatic amines is 1. The van der Waals surface area contributed by atoms with Crippen LogP contribution in [-0.2, 0) is 11.2 Å². The molecule has 4 heteroatoms. The summed E-state index contributed by atoms with van der Waals surface area (Å²) in [6.07, 6.45) is 3.50. The van der Waals surface area contributed by atoms with Gasteiger partial charge in [-0.25, -0.2) is 4.79 Å². The van der Waals surface area contributed by atoms with E-state index in [0.717, 1.165) is 23.6 Å². The number of aromatic nitrogens is 2. The summed E-state index contributed by atoms with van der Waals surface area (Å²) in [4.78, 5) is 11.6. The third-order valence-corrected chi connectivity index (χ3v) is 3.49. The number of hydrogen-bond donors (Lipinski definition) is 1. The van der Waals surface area contributed by atoms with Gasteiger partial charge in [0.1, 0.15) is 0 Å². The predicted octanol–water partition coefficient (Wildman–Crippen LogP) is 1.64. The quantitative estimate of drug-likeness (QED) is 0.748. The number of hydrogen-bond acceptors (Lipinski definition) is 3. The van der Waals surface area contributed by atoms with Crippen molar-refractivity contribution >= 4 is 5.97 Å². The molecule has 0 atom stereocenters. The molecule has 0 saturated heterocycles.